The lowest BCUT2D eigenvalue weighted by Crippen LogP contribution is -2.24. The fourth-order valence-electron chi connectivity index (χ4n) is 0.582. The maximum Gasteiger partial charge on any atom is 0.235 e. The van der Waals surface area contributed by atoms with Crippen LogP contribution in [0, 0.1) is 10.1 Å². The van der Waals surface area contributed by atoms with Gasteiger partial charge in [-0.25, -0.2) is 0 Å². The SMILES string of the molecule is CCOCC(CC)[N+](=O)[O-]. The van der Waals surface area contributed by atoms with Gasteiger partial charge in [0, 0.05) is 18.0 Å². The van der Waals surface area contributed by atoms with E-state index in [9.17, 15) is 10.1 Å². The Morgan fingerprint density at radius 2 is 2.20 bits per heavy atom. The van der Waals surface area contributed by atoms with E-state index in [1.165, 1.54) is 0 Å². The molecule has 10 heavy (non-hydrogen) atoms. The number of ether oxygens (including phenoxy) is 1. The zero-order valence-electron chi connectivity index (χ0n) is 6.37. The van der Waals surface area contributed by atoms with E-state index in [1.807, 2.05) is 6.92 Å². The first kappa shape index (κ1) is 9.36. The lowest BCUT2D eigenvalue weighted by atomic mass is 10.2. The van der Waals surface area contributed by atoms with E-state index in [1.54, 1.807) is 6.92 Å². The molecule has 1 atom stereocenters. The van der Waals surface area contributed by atoms with Gasteiger partial charge in [0.2, 0.25) is 6.04 Å². The first-order valence-corrected chi connectivity index (χ1v) is 3.43. The van der Waals surface area contributed by atoms with E-state index in [-0.39, 0.29) is 11.5 Å². The van der Waals surface area contributed by atoms with E-state index in [0.717, 1.165) is 0 Å². The van der Waals surface area contributed by atoms with Gasteiger partial charge in [0.1, 0.15) is 6.61 Å². The summed E-state index contributed by atoms with van der Waals surface area (Å²) in [4.78, 5) is 9.87. The molecule has 0 spiro atoms. The van der Waals surface area contributed by atoms with Gasteiger partial charge in [0.05, 0.1) is 0 Å². The van der Waals surface area contributed by atoms with Crippen LogP contribution in [-0.2, 0) is 4.74 Å². The molecule has 4 nitrogen and oxygen atoms in total. The molecule has 0 radical (unpaired) electrons. The van der Waals surface area contributed by atoms with E-state index in [4.69, 9.17) is 4.74 Å². The van der Waals surface area contributed by atoms with Crippen molar-refractivity contribution in [3.05, 3.63) is 10.1 Å². The average molecular weight is 147 g/mol. The Labute approximate surface area is 60.3 Å². The van der Waals surface area contributed by atoms with Gasteiger partial charge in [0.15, 0.2) is 0 Å². The molecule has 0 N–H and O–H groups in total. The van der Waals surface area contributed by atoms with Crippen molar-refractivity contribution in [3.63, 3.8) is 0 Å². The van der Waals surface area contributed by atoms with E-state index in [2.05, 4.69) is 0 Å². The molecule has 0 bridgehead atoms. The molecule has 0 aliphatic heterocycles. The second kappa shape index (κ2) is 5.17. The van der Waals surface area contributed by atoms with Gasteiger partial charge in [-0.2, -0.15) is 0 Å². The molecule has 0 aliphatic carbocycles. The molecule has 0 aromatic carbocycles. The van der Waals surface area contributed by atoms with Crippen LogP contribution in [0.15, 0.2) is 0 Å². The molecule has 0 aromatic rings. The number of nitro groups is 1. The van der Waals surface area contributed by atoms with Crippen molar-refractivity contribution in [2.24, 2.45) is 0 Å². The molecule has 0 amide bonds. The second-order valence-corrected chi connectivity index (χ2v) is 2.01. The standard InChI is InChI=1S/C6H13NO3/c1-3-6(7(8)9)5-10-4-2/h6H,3-5H2,1-2H3. The van der Waals surface area contributed by atoms with Gasteiger partial charge in [0.25, 0.3) is 0 Å². The van der Waals surface area contributed by atoms with Crippen molar-refractivity contribution in [1.29, 1.82) is 0 Å². The van der Waals surface area contributed by atoms with Crippen molar-refractivity contribution in [2.45, 2.75) is 26.3 Å². The molecule has 4 heteroatoms. The third kappa shape index (κ3) is 3.40. The highest BCUT2D eigenvalue weighted by molar-refractivity contribution is 4.49. The van der Waals surface area contributed by atoms with E-state index >= 15 is 0 Å². The minimum absolute atomic E-state index is 0.236. The average Bonchev–Trinajstić information content (AvgIpc) is 1.89. The molecule has 0 aromatic heterocycles. The lowest BCUT2D eigenvalue weighted by molar-refractivity contribution is -0.526. The van der Waals surface area contributed by atoms with Crippen LogP contribution in [0.3, 0.4) is 0 Å². The maximum atomic E-state index is 10.2. The molecule has 1 unspecified atom stereocenters. The second-order valence-electron chi connectivity index (χ2n) is 2.01. The highest BCUT2D eigenvalue weighted by Crippen LogP contribution is 1.96. The van der Waals surface area contributed by atoms with Crippen LogP contribution in [0.4, 0.5) is 0 Å². The first-order chi connectivity index (χ1) is 4.72. The zero-order chi connectivity index (χ0) is 7.98. The Hall–Kier alpha value is -0.640. The monoisotopic (exact) mass is 147 g/mol. The third-order valence-electron chi connectivity index (χ3n) is 1.28. The quantitative estimate of drug-likeness (QED) is 0.432. The van der Waals surface area contributed by atoms with Crippen molar-refractivity contribution in [1.82, 2.24) is 0 Å². The van der Waals surface area contributed by atoms with E-state index < -0.39 is 6.04 Å². The predicted molar refractivity (Wildman–Crippen MR) is 37.6 cm³/mol. The fraction of sp³-hybridized carbons (Fsp3) is 1.00. The van der Waals surface area contributed by atoms with Crippen LogP contribution in [-0.4, -0.2) is 24.2 Å². The number of rotatable bonds is 5. The van der Waals surface area contributed by atoms with Gasteiger partial charge < -0.3 is 4.74 Å². The summed E-state index contributed by atoms with van der Waals surface area (Å²) in [5.41, 5.74) is 0. The van der Waals surface area contributed by atoms with Gasteiger partial charge in [-0.15, -0.1) is 0 Å². The summed E-state index contributed by atoms with van der Waals surface area (Å²) in [5.74, 6) is 0. The van der Waals surface area contributed by atoms with Crippen molar-refractivity contribution >= 4 is 0 Å². The van der Waals surface area contributed by atoms with Crippen LogP contribution < -0.4 is 0 Å². The van der Waals surface area contributed by atoms with Crippen molar-refractivity contribution in [3.8, 4) is 0 Å². The Bertz CT molecular complexity index is 105. The predicted octanol–water partition coefficient (Wildman–Crippen LogP) is 1.08. The fourth-order valence-corrected chi connectivity index (χ4v) is 0.582. The maximum absolute atomic E-state index is 10.2. The number of hydrogen-bond donors (Lipinski definition) is 0. The molecular weight excluding hydrogens is 134 g/mol. The summed E-state index contributed by atoms with van der Waals surface area (Å²) >= 11 is 0. The van der Waals surface area contributed by atoms with Crippen LogP contribution in [0.1, 0.15) is 20.3 Å². The highest BCUT2D eigenvalue weighted by Gasteiger charge is 2.16. The number of hydrogen-bond acceptors (Lipinski definition) is 3. The summed E-state index contributed by atoms with van der Waals surface area (Å²) in [6.07, 6.45) is 0.535. The normalized spacial score (nSPS) is 13.0. The Kier molecular flexibility index (Phi) is 4.84. The summed E-state index contributed by atoms with van der Waals surface area (Å²) in [6, 6.07) is -0.528. The summed E-state index contributed by atoms with van der Waals surface area (Å²) in [5, 5.41) is 10.2. The third-order valence-corrected chi connectivity index (χ3v) is 1.28. The Morgan fingerprint density at radius 1 is 1.60 bits per heavy atom. The molecular formula is C6H13NO3. The van der Waals surface area contributed by atoms with Gasteiger partial charge in [-0.1, -0.05) is 6.92 Å². The van der Waals surface area contributed by atoms with Crippen LogP contribution in [0.25, 0.3) is 0 Å². The van der Waals surface area contributed by atoms with Gasteiger partial charge >= 0.3 is 0 Å². The van der Waals surface area contributed by atoms with Gasteiger partial charge in [-0.05, 0) is 6.92 Å². The topological polar surface area (TPSA) is 52.4 Å². The Balaban J connectivity index is 3.50. The van der Waals surface area contributed by atoms with Crippen LogP contribution >= 0.6 is 0 Å². The molecule has 60 valence electrons. The summed E-state index contributed by atoms with van der Waals surface area (Å²) in [7, 11) is 0. The molecule has 0 aliphatic rings. The highest BCUT2D eigenvalue weighted by atomic mass is 16.6. The smallest absolute Gasteiger partial charge is 0.235 e. The minimum atomic E-state index is -0.528. The summed E-state index contributed by atoms with van der Waals surface area (Å²) < 4.78 is 4.91. The number of nitrogens with zero attached hydrogens (tertiary/aromatic N) is 1. The largest absolute Gasteiger partial charge is 0.375 e. The van der Waals surface area contributed by atoms with Crippen LogP contribution in [0.2, 0.25) is 0 Å². The van der Waals surface area contributed by atoms with Crippen LogP contribution in [0.5, 0.6) is 0 Å². The van der Waals surface area contributed by atoms with Crippen molar-refractivity contribution in [2.75, 3.05) is 13.2 Å². The van der Waals surface area contributed by atoms with Crippen molar-refractivity contribution < 1.29 is 9.66 Å². The minimum Gasteiger partial charge on any atom is -0.375 e. The van der Waals surface area contributed by atoms with Gasteiger partial charge in [-0.3, -0.25) is 10.1 Å². The zero-order valence-corrected chi connectivity index (χ0v) is 6.37. The molecule has 0 fully saturated rings. The first-order valence-electron chi connectivity index (χ1n) is 3.43. The van der Waals surface area contributed by atoms with E-state index in [0.29, 0.717) is 13.0 Å². The molecule has 0 saturated heterocycles. The molecule has 0 rings (SSSR count). The molecule has 0 saturated carbocycles. The molecule has 0 heterocycles. The summed E-state index contributed by atoms with van der Waals surface area (Å²) in [6.45, 7) is 4.39. The Morgan fingerprint density at radius 3 is 2.50 bits per heavy atom. The lowest BCUT2D eigenvalue weighted by Gasteiger charge is -2.05.